The van der Waals surface area contributed by atoms with Gasteiger partial charge >= 0.3 is 0 Å². The molecule has 2 aromatic carbocycles. The van der Waals surface area contributed by atoms with E-state index in [-0.39, 0.29) is 5.54 Å². The number of imidazole rings is 1. The molecule has 0 spiro atoms. The summed E-state index contributed by atoms with van der Waals surface area (Å²) >= 11 is 1.93. The van der Waals surface area contributed by atoms with E-state index in [1.165, 1.54) is 63.4 Å². The first-order valence-corrected chi connectivity index (χ1v) is 11.6. The Bertz CT molecular complexity index is 1220. The van der Waals surface area contributed by atoms with Crippen molar-refractivity contribution in [3.63, 3.8) is 0 Å². The molecule has 0 atom stereocenters. The van der Waals surface area contributed by atoms with Gasteiger partial charge in [0.1, 0.15) is 5.54 Å². The van der Waals surface area contributed by atoms with E-state index in [9.17, 15) is 0 Å². The maximum atomic E-state index is 5.10. The van der Waals surface area contributed by atoms with Crippen molar-refractivity contribution in [3.05, 3.63) is 47.0 Å². The maximum absolute atomic E-state index is 5.10. The van der Waals surface area contributed by atoms with E-state index in [2.05, 4.69) is 80.3 Å². The highest BCUT2D eigenvalue weighted by Crippen LogP contribution is 2.42. The third-order valence-electron chi connectivity index (χ3n) is 6.39. The number of aromatic nitrogens is 3. The zero-order valence-electron chi connectivity index (χ0n) is 18.1. The minimum Gasteiger partial charge on any atom is -0.241 e. The zero-order chi connectivity index (χ0) is 20.3. The Hall–Kier alpha value is -2.20. The van der Waals surface area contributed by atoms with Crippen molar-refractivity contribution in [2.45, 2.75) is 64.8 Å². The molecule has 4 heteroatoms. The lowest BCUT2D eigenvalue weighted by Crippen LogP contribution is -2.33. The summed E-state index contributed by atoms with van der Waals surface area (Å²) in [4.78, 5) is 5.10. The highest BCUT2D eigenvalue weighted by molar-refractivity contribution is 7.19. The van der Waals surface area contributed by atoms with Crippen LogP contribution in [0.5, 0.6) is 0 Å². The van der Waals surface area contributed by atoms with Gasteiger partial charge in [0.15, 0.2) is 11.0 Å². The smallest absolute Gasteiger partial charge is 0.241 e. The van der Waals surface area contributed by atoms with E-state index < -0.39 is 0 Å². The number of fused-ring (bicyclic) bond motifs is 2. The van der Waals surface area contributed by atoms with Gasteiger partial charge < -0.3 is 0 Å². The van der Waals surface area contributed by atoms with Crippen LogP contribution in [0.4, 0.5) is 0 Å². The quantitative estimate of drug-likeness (QED) is 0.351. The van der Waals surface area contributed by atoms with Crippen LogP contribution in [0.1, 0.15) is 62.9 Å². The lowest BCUT2D eigenvalue weighted by atomic mass is 10.0. The van der Waals surface area contributed by atoms with Gasteiger partial charge in [0.05, 0.1) is 27.8 Å². The van der Waals surface area contributed by atoms with E-state index in [0.29, 0.717) is 5.92 Å². The fourth-order valence-corrected chi connectivity index (χ4v) is 6.33. The number of aryl methyl sites for hydroxylation is 2. The summed E-state index contributed by atoms with van der Waals surface area (Å²) < 4.78 is 6.23. The molecule has 0 aliphatic heterocycles. The van der Waals surface area contributed by atoms with Crippen molar-refractivity contribution in [1.29, 1.82) is 0 Å². The van der Waals surface area contributed by atoms with Crippen molar-refractivity contribution >= 4 is 32.6 Å². The number of benzene rings is 2. The number of hydrogen-bond donors (Lipinski definition) is 0. The van der Waals surface area contributed by atoms with Gasteiger partial charge in [-0.1, -0.05) is 31.0 Å². The summed E-state index contributed by atoms with van der Waals surface area (Å²) in [5, 5.41) is 1.34. The van der Waals surface area contributed by atoms with Crippen molar-refractivity contribution in [3.8, 4) is 11.4 Å². The number of hydrogen-bond acceptors (Lipinski definition) is 2. The average Bonchev–Trinajstić information content (AvgIpc) is 3.39. The Morgan fingerprint density at radius 2 is 1.79 bits per heavy atom. The molecular formula is C25H30N3S+. The number of para-hydroxylation sites is 2. The molecule has 1 aliphatic rings. The summed E-state index contributed by atoms with van der Waals surface area (Å²) in [6.07, 6.45) is 5.29. The molecule has 0 N–H and O–H groups in total. The molecule has 4 aromatic rings. The van der Waals surface area contributed by atoms with Crippen LogP contribution in [0.25, 0.3) is 32.6 Å². The second-order valence-corrected chi connectivity index (χ2v) is 10.5. The van der Waals surface area contributed by atoms with Crippen LogP contribution in [-0.4, -0.2) is 9.55 Å². The highest BCUT2D eigenvalue weighted by atomic mass is 32.1. The molecule has 0 radical (unpaired) electrons. The monoisotopic (exact) mass is 404 g/mol. The Balaban J connectivity index is 1.85. The minimum absolute atomic E-state index is 0.0240. The molecule has 1 fully saturated rings. The molecule has 2 aromatic heterocycles. The summed E-state index contributed by atoms with van der Waals surface area (Å²) in [5.74, 6) is 1.94. The Morgan fingerprint density at radius 1 is 1.07 bits per heavy atom. The van der Waals surface area contributed by atoms with Crippen LogP contribution in [0.3, 0.4) is 0 Å². The van der Waals surface area contributed by atoms with Gasteiger partial charge in [-0.15, -0.1) is 11.3 Å². The second-order valence-electron chi connectivity index (χ2n) is 9.52. The van der Waals surface area contributed by atoms with Gasteiger partial charge in [-0.2, -0.15) is 0 Å². The minimum atomic E-state index is -0.0240. The molecule has 0 unspecified atom stereocenters. The lowest BCUT2D eigenvalue weighted by Gasteiger charge is -2.19. The zero-order valence-corrected chi connectivity index (χ0v) is 18.9. The van der Waals surface area contributed by atoms with Crippen LogP contribution < -0.4 is 4.57 Å². The van der Waals surface area contributed by atoms with Crippen molar-refractivity contribution in [1.82, 2.24) is 9.55 Å². The third kappa shape index (κ3) is 2.92. The molecule has 150 valence electrons. The number of rotatable bonds is 2. The van der Waals surface area contributed by atoms with E-state index in [4.69, 9.17) is 4.98 Å². The summed E-state index contributed by atoms with van der Waals surface area (Å²) in [7, 11) is 2.21. The van der Waals surface area contributed by atoms with Crippen molar-refractivity contribution in [2.24, 2.45) is 7.05 Å². The van der Waals surface area contributed by atoms with E-state index in [1.807, 2.05) is 11.3 Å². The molecule has 0 bridgehead atoms. The fourth-order valence-electron chi connectivity index (χ4n) is 5.01. The molecule has 29 heavy (non-hydrogen) atoms. The molecule has 1 saturated carbocycles. The first kappa shape index (κ1) is 18.8. The van der Waals surface area contributed by atoms with Crippen LogP contribution in [0.2, 0.25) is 0 Å². The van der Waals surface area contributed by atoms with Crippen LogP contribution in [-0.2, 0) is 12.6 Å². The molecule has 1 aliphatic carbocycles. The molecular weight excluding hydrogens is 374 g/mol. The predicted molar refractivity (Wildman–Crippen MR) is 123 cm³/mol. The van der Waals surface area contributed by atoms with E-state index >= 15 is 0 Å². The number of nitrogens with zero attached hydrogens (tertiary/aromatic N) is 3. The third-order valence-corrected chi connectivity index (χ3v) is 7.65. The van der Waals surface area contributed by atoms with Gasteiger partial charge in [0.25, 0.3) is 5.82 Å². The second kappa shape index (κ2) is 6.66. The van der Waals surface area contributed by atoms with E-state index in [0.717, 1.165) is 5.52 Å². The SMILES string of the molecule is Cc1ccc2nc(C3CCCC3)sc2c1-c1n(C(C)(C)C)c2ccccc2[n+]1C. The lowest BCUT2D eigenvalue weighted by molar-refractivity contribution is -0.634. The van der Waals surface area contributed by atoms with Gasteiger partial charge in [-0.25, -0.2) is 14.1 Å². The van der Waals surface area contributed by atoms with Gasteiger partial charge in [0, 0.05) is 5.92 Å². The van der Waals surface area contributed by atoms with Crippen molar-refractivity contribution < 1.29 is 4.57 Å². The van der Waals surface area contributed by atoms with Crippen LogP contribution >= 0.6 is 11.3 Å². The van der Waals surface area contributed by atoms with Crippen molar-refractivity contribution in [2.75, 3.05) is 0 Å². The molecule has 0 amide bonds. The Morgan fingerprint density at radius 3 is 2.52 bits per heavy atom. The van der Waals surface area contributed by atoms with Crippen LogP contribution in [0, 0.1) is 6.92 Å². The normalized spacial score (nSPS) is 15.8. The molecule has 2 heterocycles. The Labute approximate surface area is 177 Å². The first-order valence-electron chi connectivity index (χ1n) is 10.8. The van der Waals surface area contributed by atoms with Crippen LogP contribution in [0.15, 0.2) is 36.4 Å². The maximum Gasteiger partial charge on any atom is 0.291 e. The number of thiazole rings is 1. The van der Waals surface area contributed by atoms with Gasteiger partial charge in [-0.05, 0) is 64.3 Å². The van der Waals surface area contributed by atoms with E-state index in [1.54, 1.807) is 0 Å². The van der Waals surface area contributed by atoms with Gasteiger partial charge in [-0.3, -0.25) is 0 Å². The highest BCUT2D eigenvalue weighted by Gasteiger charge is 2.34. The average molecular weight is 405 g/mol. The molecule has 3 nitrogen and oxygen atoms in total. The standard InChI is InChI=1S/C25H30N3S/c1-16-14-15-18-22(29-23(26-18)17-10-6-7-11-17)21(16)24-27(5)19-12-8-9-13-20(19)28(24)25(2,3)4/h8-9,12-15,17H,6-7,10-11H2,1-5H3/q+1. The topological polar surface area (TPSA) is 21.7 Å². The Kier molecular flexibility index (Phi) is 4.32. The summed E-state index contributed by atoms with van der Waals surface area (Å²) in [5.41, 5.74) is 6.36. The summed E-state index contributed by atoms with van der Waals surface area (Å²) in [6, 6.07) is 13.2. The molecule has 5 rings (SSSR count). The fraction of sp³-hybridized carbons (Fsp3) is 0.440. The molecule has 0 saturated heterocycles. The largest absolute Gasteiger partial charge is 0.291 e. The van der Waals surface area contributed by atoms with Gasteiger partial charge in [0.2, 0.25) is 0 Å². The first-order chi connectivity index (χ1) is 13.9. The predicted octanol–water partition coefficient (Wildman–Crippen LogP) is 6.46. The summed E-state index contributed by atoms with van der Waals surface area (Å²) in [6.45, 7) is 9.15.